The summed E-state index contributed by atoms with van der Waals surface area (Å²) in [7, 11) is 0. The van der Waals surface area contributed by atoms with Crippen molar-refractivity contribution < 1.29 is 24.2 Å². The zero-order chi connectivity index (χ0) is 30.6. The van der Waals surface area contributed by atoms with Gasteiger partial charge in [-0.15, -0.1) is 0 Å². The van der Waals surface area contributed by atoms with Crippen LogP contribution >= 0.6 is 0 Å². The lowest BCUT2D eigenvalue weighted by molar-refractivity contribution is -0.145. The van der Waals surface area contributed by atoms with E-state index in [1.807, 2.05) is 111 Å². The molecule has 7 atom stereocenters. The molecule has 4 aliphatic rings. The van der Waals surface area contributed by atoms with Crippen molar-refractivity contribution in [3.05, 3.63) is 97.1 Å². The Kier molecular flexibility index (Phi) is 7.14. The molecule has 0 saturated carbocycles. The number of likely N-dealkylation sites (tertiary alicyclic amines) is 1. The van der Waals surface area contributed by atoms with E-state index in [0.29, 0.717) is 18.7 Å². The van der Waals surface area contributed by atoms with Crippen LogP contribution in [-0.2, 0) is 19.1 Å². The van der Waals surface area contributed by atoms with E-state index in [1.165, 1.54) is 0 Å². The Balaban J connectivity index is 1.35. The lowest BCUT2D eigenvalue weighted by Crippen LogP contribution is -2.59. The molecule has 8 nitrogen and oxygen atoms in total. The molecule has 8 heteroatoms. The van der Waals surface area contributed by atoms with Gasteiger partial charge in [-0.05, 0) is 41.0 Å². The average molecular weight is 592 g/mol. The maximum Gasteiger partial charge on any atom is 0.253 e. The fourth-order valence-electron chi connectivity index (χ4n) is 7.66. The summed E-state index contributed by atoms with van der Waals surface area (Å²) in [6, 6.07) is 21.6. The molecule has 0 aliphatic carbocycles. The molecule has 7 rings (SSSR count). The minimum absolute atomic E-state index is 0.0877. The first-order valence-electron chi connectivity index (χ1n) is 15.5. The maximum atomic E-state index is 14.8. The van der Waals surface area contributed by atoms with Gasteiger partial charge in [-0.3, -0.25) is 14.4 Å². The van der Waals surface area contributed by atoms with Gasteiger partial charge in [-0.2, -0.15) is 0 Å². The Labute approximate surface area is 257 Å². The van der Waals surface area contributed by atoms with Crippen molar-refractivity contribution in [2.24, 2.45) is 17.8 Å². The molecule has 0 bridgehead atoms. The number of fused-ring (bicyclic) bond motifs is 3. The highest BCUT2D eigenvalue weighted by atomic mass is 16.5. The summed E-state index contributed by atoms with van der Waals surface area (Å²) in [5, 5.41) is 12.7. The fraction of sp³-hybridized carbons (Fsp3) is 0.361. The van der Waals surface area contributed by atoms with Crippen LogP contribution in [0.5, 0.6) is 0 Å². The third-order valence-electron chi connectivity index (χ3n) is 10.1. The molecule has 2 saturated heterocycles. The van der Waals surface area contributed by atoms with Crippen molar-refractivity contribution in [3.8, 4) is 0 Å². The molecule has 1 N–H and O–H groups in total. The number of aliphatic hydroxyl groups is 1. The van der Waals surface area contributed by atoms with Crippen molar-refractivity contribution in [2.45, 2.75) is 44.1 Å². The Morgan fingerprint density at radius 3 is 2.32 bits per heavy atom. The second-order valence-corrected chi connectivity index (χ2v) is 12.3. The monoisotopic (exact) mass is 591 g/mol. The van der Waals surface area contributed by atoms with Gasteiger partial charge in [-0.1, -0.05) is 93.1 Å². The van der Waals surface area contributed by atoms with Gasteiger partial charge in [0.05, 0.1) is 30.6 Å². The molecule has 3 amide bonds. The summed E-state index contributed by atoms with van der Waals surface area (Å²) in [5.74, 6) is -2.64. The Bertz CT molecular complexity index is 1670. The number of benzene rings is 3. The predicted molar refractivity (Wildman–Crippen MR) is 169 cm³/mol. The van der Waals surface area contributed by atoms with E-state index in [0.717, 1.165) is 16.5 Å². The van der Waals surface area contributed by atoms with Crippen molar-refractivity contribution in [2.75, 3.05) is 29.5 Å². The van der Waals surface area contributed by atoms with E-state index in [4.69, 9.17) is 4.74 Å². The van der Waals surface area contributed by atoms with Crippen molar-refractivity contribution in [3.63, 3.8) is 0 Å². The summed E-state index contributed by atoms with van der Waals surface area (Å²) in [6.07, 6.45) is 7.55. The molecule has 3 aromatic rings. The molecule has 226 valence electrons. The van der Waals surface area contributed by atoms with E-state index in [-0.39, 0.29) is 36.8 Å². The second-order valence-electron chi connectivity index (χ2n) is 12.3. The third-order valence-corrected chi connectivity index (χ3v) is 10.1. The lowest BCUT2D eigenvalue weighted by Gasteiger charge is -2.40. The van der Waals surface area contributed by atoms with Crippen LogP contribution in [0.25, 0.3) is 10.8 Å². The fourth-order valence-corrected chi connectivity index (χ4v) is 7.66. The molecule has 2 fully saturated rings. The summed E-state index contributed by atoms with van der Waals surface area (Å²) in [4.78, 5) is 48.9. The van der Waals surface area contributed by atoms with Crippen LogP contribution in [0.15, 0.2) is 97.1 Å². The van der Waals surface area contributed by atoms with Crippen molar-refractivity contribution in [1.82, 2.24) is 4.90 Å². The molecule has 4 heterocycles. The average Bonchev–Trinajstić information content (AvgIpc) is 3.36. The summed E-state index contributed by atoms with van der Waals surface area (Å²) in [5.41, 5.74) is 0.0922. The van der Waals surface area contributed by atoms with Crippen LogP contribution in [0.2, 0.25) is 0 Å². The van der Waals surface area contributed by atoms with Gasteiger partial charge in [0.2, 0.25) is 11.8 Å². The highest BCUT2D eigenvalue weighted by molar-refractivity contribution is 6.08. The van der Waals surface area contributed by atoms with Gasteiger partial charge in [0, 0.05) is 24.5 Å². The SMILES string of the molecule is CC[C@H](C)[C@H](CO)N1C(=O)[C@@H]2[C@@H]3C(=O)N(c4ccccc4)CC=C[C@@H]3O[C@@]23C=CCN(c2ccc4ccccc4c2)C(=O)C13. The number of ether oxygens (including phenoxy) is 1. The van der Waals surface area contributed by atoms with E-state index >= 15 is 0 Å². The second kappa shape index (κ2) is 11.0. The number of nitrogens with zero attached hydrogens (tertiary/aromatic N) is 3. The van der Waals surface area contributed by atoms with E-state index < -0.39 is 35.6 Å². The molecule has 0 radical (unpaired) electrons. The highest BCUT2D eigenvalue weighted by Gasteiger charge is 2.72. The number of para-hydroxylation sites is 1. The highest BCUT2D eigenvalue weighted by Crippen LogP contribution is 2.54. The van der Waals surface area contributed by atoms with E-state index in [2.05, 4.69) is 0 Å². The minimum Gasteiger partial charge on any atom is -0.394 e. The minimum atomic E-state index is -1.37. The Morgan fingerprint density at radius 1 is 0.864 bits per heavy atom. The summed E-state index contributed by atoms with van der Waals surface area (Å²) in [6.45, 7) is 4.33. The number of carbonyl (C=O) groups is 3. The van der Waals surface area contributed by atoms with Crippen LogP contribution in [0, 0.1) is 17.8 Å². The lowest BCUT2D eigenvalue weighted by atomic mass is 9.77. The third kappa shape index (κ3) is 4.23. The first-order chi connectivity index (χ1) is 21.4. The normalized spacial score (nSPS) is 29.3. The number of hydrogen-bond donors (Lipinski definition) is 1. The zero-order valence-corrected chi connectivity index (χ0v) is 25.0. The van der Waals surface area contributed by atoms with Gasteiger partial charge < -0.3 is 24.5 Å². The summed E-state index contributed by atoms with van der Waals surface area (Å²) < 4.78 is 6.82. The number of carbonyl (C=O) groups excluding carboxylic acids is 3. The first-order valence-corrected chi connectivity index (χ1v) is 15.5. The van der Waals surface area contributed by atoms with Crippen LogP contribution in [0.4, 0.5) is 11.4 Å². The largest absolute Gasteiger partial charge is 0.394 e. The van der Waals surface area contributed by atoms with Crippen molar-refractivity contribution >= 4 is 39.9 Å². The molecule has 4 aliphatic heterocycles. The van der Waals surface area contributed by atoms with Gasteiger partial charge in [-0.25, -0.2) is 0 Å². The predicted octanol–water partition coefficient (Wildman–Crippen LogP) is 4.33. The van der Waals surface area contributed by atoms with Crippen LogP contribution in [0.1, 0.15) is 20.3 Å². The standard InChI is InChI=1S/C36H37N3O5/c1-3-23(2)28(22-40)39-32-35(43)38(27-17-16-24-11-7-8-12-25(24)21-27)20-10-18-36(32)31(34(39)42)30-29(44-36)15-9-19-37(33(30)41)26-13-5-4-6-14-26/h4-18,21,23,28-32,40H,3,19-20,22H2,1-2H3/t23-,28-,29-,30+,31-,32?,36-/m0/s1. The number of hydrogen-bond acceptors (Lipinski definition) is 5. The summed E-state index contributed by atoms with van der Waals surface area (Å²) >= 11 is 0. The van der Waals surface area contributed by atoms with Gasteiger partial charge in [0.1, 0.15) is 11.6 Å². The zero-order valence-electron chi connectivity index (χ0n) is 25.0. The molecule has 1 spiro atoms. The maximum absolute atomic E-state index is 14.8. The molecule has 3 aromatic carbocycles. The Hall–Kier alpha value is -4.27. The quantitative estimate of drug-likeness (QED) is 0.431. The number of amides is 3. The van der Waals surface area contributed by atoms with E-state index in [1.54, 1.807) is 14.7 Å². The van der Waals surface area contributed by atoms with Crippen LogP contribution in [0.3, 0.4) is 0 Å². The van der Waals surface area contributed by atoms with Gasteiger partial charge >= 0.3 is 0 Å². The number of rotatable bonds is 6. The molecular weight excluding hydrogens is 554 g/mol. The molecule has 1 unspecified atom stereocenters. The molecular formula is C36H37N3O5. The smallest absolute Gasteiger partial charge is 0.253 e. The van der Waals surface area contributed by atoms with Crippen LogP contribution < -0.4 is 9.80 Å². The Morgan fingerprint density at radius 2 is 1.57 bits per heavy atom. The number of aliphatic hydroxyl groups excluding tert-OH is 1. The van der Waals surface area contributed by atoms with Crippen molar-refractivity contribution in [1.29, 1.82) is 0 Å². The van der Waals surface area contributed by atoms with Gasteiger partial charge in [0.15, 0.2) is 0 Å². The molecule has 44 heavy (non-hydrogen) atoms. The topological polar surface area (TPSA) is 90.4 Å². The van der Waals surface area contributed by atoms with Gasteiger partial charge in [0.25, 0.3) is 5.91 Å². The van der Waals surface area contributed by atoms with Crippen LogP contribution in [-0.4, -0.2) is 71.2 Å². The number of anilines is 2. The molecule has 0 aromatic heterocycles. The van der Waals surface area contributed by atoms with E-state index in [9.17, 15) is 19.5 Å². The first kappa shape index (κ1) is 28.5.